The molecule has 1 fully saturated rings. The number of aryl methyl sites for hydroxylation is 1. The van der Waals surface area contributed by atoms with Crippen LogP contribution in [0.25, 0.3) is 0 Å². The molecule has 0 saturated carbocycles. The fraction of sp³-hybridized carbons (Fsp3) is 0.500. The number of benzene rings is 1. The van der Waals surface area contributed by atoms with Gasteiger partial charge in [0, 0.05) is 25.6 Å². The number of methoxy groups -OCH3 is 1. The molecule has 1 aliphatic heterocycles. The molecule has 7 heteroatoms. The summed E-state index contributed by atoms with van der Waals surface area (Å²) in [7, 11) is 1.62. The molecule has 0 bridgehead atoms. The monoisotopic (exact) mass is 347 g/mol. The summed E-state index contributed by atoms with van der Waals surface area (Å²) in [5.74, 6) is 0.585. The number of carbonyl (C=O) groups is 1. The normalized spacial score (nSPS) is 17.7. The number of carbonyl (C=O) groups excluding carboxylic acids is 1. The van der Waals surface area contributed by atoms with Crippen molar-refractivity contribution < 1.29 is 18.4 Å². The van der Waals surface area contributed by atoms with Crippen molar-refractivity contribution in [3.05, 3.63) is 46.9 Å². The van der Waals surface area contributed by atoms with Gasteiger partial charge in [-0.25, -0.2) is 4.39 Å². The third-order valence-corrected chi connectivity index (χ3v) is 4.47. The zero-order chi connectivity index (χ0) is 17.8. The maximum atomic E-state index is 13.5. The van der Waals surface area contributed by atoms with Crippen molar-refractivity contribution in [3.63, 3.8) is 0 Å². The Bertz CT molecular complexity index is 747. The second-order valence-corrected chi connectivity index (χ2v) is 6.27. The Morgan fingerprint density at radius 3 is 3.04 bits per heavy atom. The van der Waals surface area contributed by atoms with E-state index < -0.39 is 0 Å². The van der Waals surface area contributed by atoms with Crippen LogP contribution in [0, 0.1) is 12.7 Å². The number of hydrogen-bond acceptors (Lipinski definition) is 5. The van der Waals surface area contributed by atoms with Crippen LogP contribution >= 0.6 is 0 Å². The number of ether oxygens (including phenoxy) is 1. The largest absolute Gasteiger partial charge is 0.384 e. The number of piperidine rings is 1. The van der Waals surface area contributed by atoms with Crippen LogP contribution in [0.2, 0.25) is 0 Å². The van der Waals surface area contributed by atoms with E-state index in [1.54, 1.807) is 25.0 Å². The zero-order valence-corrected chi connectivity index (χ0v) is 14.5. The average Bonchev–Trinajstić information content (AvgIpc) is 3.10. The minimum absolute atomic E-state index is 0.135. The molecule has 0 spiro atoms. The number of nitrogens with zero attached hydrogens (tertiary/aromatic N) is 3. The van der Waals surface area contributed by atoms with Crippen molar-refractivity contribution in [1.29, 1.82) is 0 Å². The van der Waals surface area contributed by atoms with Crippen LogP contribution < -0.4 is 0 Å². The van der Waals surface area contributed by atoms with Crippen LogP contribution in [0.3, 0.4) is 0 Å². The Hall–Kier alpha value is -2.28. The molecule has 0 radical (unpaired) electrons. The third kappa shape index (κ3) is 3.87. The summed E-state index contributed by atoms with van der Waals surface area (Å²) >= 11 is 0. The summed E-state index contributed by atoms with van der Waals surface area (Å²) in [5.41, 5.74) is 0.934. The smallest absolute Gasteiger partial charge is 0.254 e. The minimum atomic E-state index is -0.313. The first-order chi connectivity index (χ1) is 12.1. The lowest BCUT2D eigenvalue weighted by molar-refractivity contribution is 0.0561. The van der Waals surface area contributed by atoms with Gasteiger partial charge in [-0.3, -0.25) is 4.79 Å². The molecule has 3 rings (SSSR count). The summed E-state index contributed by atoms with van der Waals surface area (Å²) in [6.45, 7) is 2.79. The van der Waals surface area contributed by atoms with Crippen LogP contribution in [0.15, 0.2) is 22.7 Å². The number of hydrogen-bond donors (Lipinski definition) is 0. The molecule has 1 amide bonds. The molecule has 2 aromatic rings. The molecule has 1 aliphatic rings. The van der Waals surface area contributed by atoms with Gasteiger partial charge in [-0.2, -0.15) is 4.98 Å². The first kappa shape index (κ1) is 17.5. The Morgan fingerprint density at radius 2 is 2.28 bits per heavy atom. The van der Waals surface area contributed by atoms with Gasteiger partial charge in [0.25, 0.3) is 5.91 Å². The van der Waals surface area contributed by atoms with Crippen molar-refractivity contribution in [2.75, 3.05) is 20.3 Å². The predicted molar refractivity (Wildman–Crippen MR) is 88.6 cm³/mol. The summed E-state index contributed by atoms with van der Waals surface area (Å²) in [6, 6.07) is 4.20. The van der Waals surface area contributed by atoms with Crippen molar-refractivity contribution in [2.45, 2.75) is 38.6 Å². The van der Waals surface area contributed by atoms with Gasteiger partial charge in [0.05, 0.1) is 6.61 Å². The van der Waals surface area contributed by atoms with E-state index in [0.717, 1.165) is 19.3 Å². The van der Waals surface area contributed by atoms with E-state index in [0.29, 0.717) is 42.4 Å². The first-order valence-corrected chi connectivity index (χ1v) is 8.48. The molecule has 6 nitrogen and oxygen atoms in total. The molecule has 2 heterocycles. The molecule has 1 saturated heterocycles. The van der Waals surface area contributed by atoms with Crippen molar-refractivity contribution in [1.82, 2.24) is 15.0 Å². The lowest BCUT2D eigenvalue weighted by atomic mass is 10.00. The van der Waals surface area contributed by atoms with E-state index in [2.05, 4.69) is 10.1 Å². The molecular formula is C18H22FN3O3. The van der Waals surface area contributed by atoms with E-state index >= 15 is 0 Å². The van der Waals surface area contributed by atoms with Crippen molar-refractivity contribution in [2.24, 2.45) is 0 Å². The molecule has 1 aromatic heterocycles. The van der Waals surface area contributed by atoms with Gasteiger partial charge < -0.3 is 14.2 Å². The predicted octanol–water partition coefficient (Wildman–Crippen LogP) is 3.07. The Balaban J connectivity index is 1.81. The Labute approximate surface area is 146 Å². The topological polar surface area (TPSA) is 68.5 Å². The molecular weight excluding hydrogens is 325 g/mol. The fourth-order valence-corrected chi connectivity index (χ4v) is 3.07. The molecule has 1 atom stereocenters. The van der Waals surface area contributed by atoms with Gasteiger partial charge in [-0.05, 0) is 49.9 Å². The van der Waals surface area contributed by atoms with Gasteiger partial charge in [0.2, 0.25) is 5.89 Å². The standard InChI is InChI=1S/C18H22FN3O3/c1-12-11-13(6-7-14(12)19)18(23)22-9-4-3-5-15(22)17-20-16(21-25-17)8-10-24-2/h6-7,11,15H,3-5,8-10H2,1-2H3/t15-/m0/s1. The SMILES string of the molecule is COCCc1noc([C@@H]2CCCCN2C(=O)c2ccc(F)c(C)c2)n1. The Kier molecular flexibility index (Phi) is 5.43. The molecule has 0 aliphatic carbocycles. The fourth-order valence-electron chi connectivity index (χ4n) is 3.07. The van der Waals surface area contributed by atoms with E-state index in [1.165, 1.54) is 12.1 Å². The van der Waals surface area contributed by atoms with Crippen molar-refractivity contribution >= 4 is 5.91 Å². The second-order valence-electron chi connectivity index (χ2n) is 6.27. The summed E-state index contributed by atoms with van der Waals surface area (Å²) in [6.07, 6.45) is 3.26. The highest BCUT2D eigenvalue weighted by Gasteiger charge is 2.32. The van der Waals surface area contributed by atoms with E-state index in [-0.39, 0.29) is 17.8 Å². The molecule has 134 valence electrons. The lowest BCUT2D eigenvalue weighted by Crippen LogP contribution is -2.38. The van der Waals surface area contributed by atoms with Gasteiger partial charge in [-0.15, -0.1) is 0 Å². The number of halogens is 1. The maximum Gasteiger partial charge on any atom is 0.254 e. The van der Waals surface area contributed by atoms with E-state index in [4.69, 9.17) is 9.26 Å². The lowest BCUT2D eigenvalue weighted by Gasteiger charge is -2.33. The van der Waals surface area contributed by atoms with Crippen LogP contribution in [-0.4, -0.2) is 41.2 Å². The van der Waals surface area contributed by atoms with Gasteiger partial charge in [0.15, 0.2) is 5.82 Å². The molecule has 1 aromatic carbocycles. The quantitative estimate of drug-likeness (QED) is 0.831. The highest BCUT2D eigenvalue weighted by Crippen LogP contribution is 2.31. The van der Waals surface area contributed by atoms with Crippen LogP contribution in [-0.2, 0) is 11.2 Å². The highest BCUT2D eigenvalue weighted by atomic mass is 19.1. The molecule has 0 unspecified atom stereocenters. The number of rotatable bonds is 5. The van der Waals surface area contributed by atoms with Gasteiger partial charge in [-0.1, -0.05) is 5.16 Å². The maximum absolute atomic E-state index is 13.5. The number of aromatic nitrogens is 2. The zero-order valence-electron chi connectivity index (χ0n) is 14.5. The van der Waals surface area contributed by atoms with Crippen LogP contribution in [0.4, 0.5) is 4.39 Å². The minimum Gasteiger partial charge on any atom is -0.384 e. The summed E-state index contributed by atoms with van der Waals surface area (Å²) < 4.78 is 23.9. The highest BCUT2D eigenvalue weighted by molar-refractivity contribution is 5.94. The van der Waals surface area contributed by atoms with E-state index in [1.807, 2.05) is 0 Å². The Morgan fingerprint density at radius 1 is 1.44 bits per heavy atom. The first-order valence-electron chi connectivity index (χ1n) is 8.48. The average molecular weight is 347 g/mol. The third-order valence-electron chi connectivity index (χ3n) is 4.47. The van der Waals surface area contributed by atoms with Crippen molar-refractivity contribution in [3.8, 4) is 0 Å². The summed E-state index contributed by atoms with van der Waals surface area (Å²) in [5, 5.41) is 3.97. The van der Waals surface area contributed by atoms with Crippen LogP contribution in [0.5, 0.6) is 0 Å². The van der Waals surface area contributed by atoms with Crippen LogP contribution in [0.1, 0.15) is 52.9 Å². The second kappa shape index (κ2) is 7.74. The van der Waals surface area contributed by atoms with Gasteiger partial charge in [0.1, 0.15) is 11.9 Å². The number of likely N-dealkylation sites (tertiary alicyclic amines) is 1. The summed E-state index contributed by atoms with van der Waals surface area (Å²) in [4.78, 5) is 19.1. The van der Waals surface area contributed by atoms with Gasteiger partial charge >= 0.3 is 0 Å². The number of amides is 1. The van der Waals surface area contributed by atoms with E-state index in [9.17, 15) is 9.18 Å². The molecule has 25 heavy (non-hydrogen) atoms. The molecule has 0 N–H and O–H groups in total.